The van der Waals surface area contributed by atoms with Crippen molar-refractivity contribution in [2.24, 2.45) is 0 Å². The Labute approximate surface area is 113 Å². The van der Waals surface area contributed by atoms with Crippen LogP contribution in [0.2, 0.25) is 0 Å². The van der Waals surface area contributed by atoms with Crippen LogP contribution < -0.4 is 15.1 Å². The van der Waals surface area contributed by atoms with Crippen molar-refractivity contribution in [2.45, 2.75) is 13.8 Å². The predicted molar refractivity (Wildman–Crippen MR) is 74.3 cm³/mol. The Morgan fingerprint density at radius 3 is 2.68 bits per heavy atom. The second-order valence-corrected chi connectivity index (χ2v) is 4.68. The Hall–Kier alpha value is -1.88. The first-order chi connectivity index (χ1) is 9.15. The molecule has 2 N–H and O–H groups in total. The van der Waals surface area contributed by atoms with Crippen LogP contribution in [0.1, 0.15) is 13.8 Å². The molecule has 5 heteroatoms. The van der Waals surface area contributed by atoms with Crippen LogP contribution in [0.15, 0.2) is 24.3 Å². The Bertz CT molecular complexity index is 483. The molecule has 2 amide bonds. The number of nitrogens with one attached hydrogen (secondary N) is 2. The summed E-state index contributed by atoms with van der Waals surface area (Å²) in [4.78, 5) is 26.8. The second kappa shape index (κ2) is 5.84. The minimum Gasteiger partial charge on any atom is -0.328 e. The van der Waals surface area contributed by atoms with Gasteiger partial charge in [0.25, 0.3) is 5.91 Å². The van der Waals surface area contributed by atoms with E-state index in [2.05, 4.69) is 19.2 Å². The summed E-state index contributed by atoms with van der Waals surface area (Å²) in [6.07, 6.45) is 0. The zero-order valence-corrected chi connectivity index (χ0v) is 11.4. The standard InChI is InChI=1S/C14H19N3O2/c1-3-16(4-2)10-14(19)17-9-13(18)15-11-7-5-6-8-12(11)17/h5-8H,3-4,9-10H2,1-2H3,(H,15,18)/p+1. The van der Waals surface area contributed by atoms with Crippen LogP contribution in [0, 0.1) is 0 Å². The van der Waals surface area contributed by atoms with Crippen LogP contribution in [-0.4, -0.2) is 38.0 Å². The van der Waals surface area contributed by atoms with Gasteiger partial charge in [0.15, 0.2) is 6.54 Å². The number of fused-ring (bicyclic) bond motifs is 1. The molecule has 102 valence electrons. The van der Waals surface area contributed by atoms with Gasteiger partial charge >= 0.3 is 0 Å². The lowest BCUT2D eigenvalue weighted by molar-refractivity contribution is -0.888. The van der Waals surface area contributed by atoms with Crippen molar-refractivity contribution in [3.63, 3.8) is 0 Å². The van der Waals surface area contributed by atoms with Crippen LogP contribution in [-0.2, 0) is 9.59 Å². The Morgan fingerprint density at radius 1 is 1.32 bits per heavy atom. The third-order valence-corrected chi connectivity index (χ3v) is 3.47. The van der Waals surface area contributed by atoms with E-state index in [9.17, 15) is 9.59 Å². The lowest BCUT2D eigenvalue weighted by atomic mass is 10.2. The Balaban J connectivity index is 2.20. The van der Waals surface area contributed by atoms with E-state index in [0.29, 0.717) is 12.2 Å². The van der Waals surface area contributed by atoms with Crippen molar-refractivity contribution >= 4 is 23.2 Å². The topological polar surface area (TPSA) is 53.9 Å². The average molecular weight is 262 g/mol. The first kappa shape index (κ1) is 13.5. The number of likely N-dealkylation sites (N-methyl/N-ethyl adjacent to an activating group) is 1. The Morgan fingerprint density at radius 2 is 2.00 bits per heavy atom. The molecule has 19 heavy (non-hydrogen) atoms. The summed E-state index contributed by atoms with van der Waals surface area (Å²) in [6.45, 7) is 6.46. The predicted octanol–water partition coefficient (Wildman–Crippen LogP) is -0.104. The summed E-state index contributed by atoms with van der Waals surface area (Å²) in [6, 6.07) is 7.41. The number of anilines is 2. The third-order valence-electron chi connectivity index (χ3n) is 3.47. The summed E-state index contributed by atoms with van der Waals surface area (Å²) in [5.41, 5.74) is 1.50. The van der Waals surface area contributed by atoms with E-state index in [-0.39, 0.29) is 18.4 Å². The number of carbonyl (C=O) groups is 2. The molecule has 0 aromatic heterocycles. The number of amides is 2. The number of hydrogen-bond acceptors (Lipinski definition) is 2. The first-order valence-electron chi connectivity index (χ1n) is 6.68. The molecule has 0 saturated carbocycles. The molecule has 1 aliphatic rings. The van der Waals surface area contributed by atoms with Crippen LogP contribution >= 0.6 is 0 Å². The van der Waals surface area contributed by atoms with Gasteiger partial charge in [-0.25, -0.2) is 0 Å². The monoisotopic (exact) mass is 262 g/mol. The summed E-state index contributed by atoms with van der Waals surface area (Å²) in [7, 11) is 0. The van der Waals surface area contributed by atoms with Crippen molar-refractivity contribution < 1.29 is 14.5 Å². The molecule has 0 saturated heterocycles. The lowest BCUT2D eigenvalue weighted by Crippen LogP contribution is -3.12. The van der Waals surface area contributed by atoms with E-state index in [4.69, 9.17) is 0 Å². The van der Waals surface area contributed by atoms with Gasteiger partial charge in [0, 0.05) is 0 Å². The quantitative estimate of drug-likeness (QED) is 0.796. The smallest absolute Gasteiger partial charge is 0.282 e. The molecule has 0 atom stereocenters. The average Bonchev–Trinajstić information content (AvgIpc) is 2.43. The maximum atomic E-state index is 12.4. The van der Waals surface area contributed by atoms with Crippen molar-refractivity contribution in [1.82, 2.24) is 0 Å². The molecule has 1 heterocycles. The second-order valence-electron chi connectivity index (χ2n) is 4.68. The molecule has 0 radical (unpaired) electrons. The van der Waals surface area contributed by atoms with Crippen LogP contribution in [0.25, 0.3) is 0 Å². The van der Waals surface area contributed by atoms with Crippen LogP contribution in [0.3, 0.4) is 0 Å². The molecule has 0 unspecified atom stereocenters. The largest absolute Gasteiger partial charge is 0.328 e. The van der Waals surface area contributed by atoms with Gasteiger partial charge in [0.1, 0.15) is 6.54 Å². The zero-order chi connectivity index (χ0) is 13.8. The molecule has 1 aromatic carbocycles. The maximum absolute atomic E-state index is 12.4. The number of rotatable bonds is 4. The number of benzene rings is 1. The summed E-state index contributed by atoms with van der Waals surface area (Å²) in [5.74, 6) is -0.136. The minimum absolute atomic E-state index is 0.000926. The van der Waals surface area contributed by atoms with Gasteiger partial charge in [0.2, 0.25) is 5.91 Å². The highest BCUT2D eigenvalue weighted by atomic mass is 16.2. The molecule has 2 rings (SSSR count). The molecule has 0 bridgehead atoms. The Kier molecular flexibility index (Phi) is 4.16. The highest BCUT2D eigenvalue weighted by Crippen LogP contribution is 2.28. The normalized spacial score (nSPS) is 14.3. The van der Waals surface area contributed by atoms with Gasteiger partial charge in [0.05, 0.1) is 24.5 Å². The zero-order valence-electron chi connectivity index (χ0n) is 11.4. The van der Waals surface area contributed by atoms with Crippen molar-refractivity contribution in [3.05, 3.63) is 24.3 Å². The fourth-order valence-corrected chi connectivity index (χ4v) is 2.27. The highest BCUT2D eigenvalue weighted by Gasteiger charge is 2.28. The van der Waals surface area contributed by atoms with Gasteiger partial charge in [-0.2, -0.15) is 0 Å². The molecular weight excluding hydrogens is 242 g/mol. The van der Waals surface area contributed by atoms with Crippen molar-refractivity contribution in [3.8, 4) is 0 Å². The van der Waals surface area contributed by atoms with Crippen molar-refractivity contribution in [1.29, 1.82) is 0 Å². The number of nitrogens with zero attached hydrogens (tertiary/aromatic N) is 1. The van der Waals surface area contributed by atoms with Gasteiger partial charge in [-0.3, -0.25) is 14.5 Å². The minimum atomic E-state index is -0.137. The highest BCUT2D eigenvalue weighted by molar-refractivity contribution is 6.10. The molecule has 0 spiro atoms. The van der Waals surface area contributed by atoms with E-state index in [1.165, 1.54) is 4.90 Å². The molecular formula is C14H20N3O2+. The van der Waals surface area contributed by atoms with E-state index < -0.39 is 0 Å². The van der Waals surface area contributed by atoms with E-state index >= 15 is 0 Å². The van der Waals surface area contributed by atoms with E-state index in [1.807, 2.05) is 24.3 Å². The SMILES string of the molecule is CC[NH+](CC)CC(=O)N1CC(=O)Nc2ccccc21. The number of carbonyl (C=O) groups excluding carboxylic acids is 2. The summed E-state index contributed by atoms with van der Waals surface area (Å²) >= 11 is 0. The first-order valence-corrected chi connectivity index (χ1v) is 6.68. The summed E-state index contributed by atoms with van der Waals surface area (Å²) < 4.78 is 0. The summed E-state index contributed by atoms with van der Waals surface area (Å²) in [5, 5.41) is 2.79. The van der Waals surface area contributed by atoms with Crippen LogP contribution in [0.4, 0.5) is 11.4 Å². The number of para-hydroxylation sites is 2. The van der Waals surface area contributed by atoms with E-state index in [0.717, 1.165) is 18.8 Å². The number of hydrogen-bond donors (Lipinski definition) is 2. The molecule has 1 aliphatic heterocycles. The molecule has 0 aliphatic carbocycles. The molecule has 5 nitrogen and oxygen atoms in total. The van der Waals surface area contributed by atoms with Gasteiger partial charge < -0.3 is 10.2 Å². The van der Waals surface area contributed by atoms with Crippen molar-refractivity contribution in [2.75, 3.05) is 36.4 Å². The van der Waals surface area contributed by atoms with Gasteiger partial charge in [-0.15, -0.1) is 0 Å². The van der Waals surface area contributed by atoms with Gasteiger partial charge in [-0.05, 0) is 26.0 Å². The molecule has 1 aromatic rings. The molecule has 0 fully saturated rings. The fourth-order valence-electron chi connectivity index (χ4n) is 2.27. The lowest BCUT2D eigenvalue weighted by Gasteiger charge is -2.29. The fraction of sp³-hybridized carbons (Fsp3) is 0.429. The third kappa shape index (κ3) is 2.93. The van der Waals surface area contributed by atoms with Gasteiger partial charge in [-0.1, -0.05) is 12.1 Å². The van der Waals surface area contributed by atoms with E-state index in [1.54, 1.807) is 4.90 Å². The van der Waals surface area contributed by atoms with Crippen LogP contribution in [0.5, 0.6) is 0 Å². The number of quaternary nitrogens is 1. The maximum Gasteiger partial charge on any atom is 0.282 e.